The van der Waals surface area contributed by atoms with Crippen LogP contribution in [0.25, 0.3) is 0 Å². The second-order valence-electron chi connectivity index (χ2n) is 3.57. The normalized spacial score (nSPS) is 12.2. The van der Waals surface area contributed by atoms with E-state index in [0.717, 1.165) is 10.9 Å². The Morgan fingerprint density at radius 3 is 2.50 bits per heavy atom. The van der Waals surface area contributed by atoms with Gasteiger partial charge in [0.2, 0.25) is 5.91 Å². The molecule has 0 spiro atoms. The van der Waals surface area contributed by atoms with Crippen LogP contribution in [-0.4, -0.2) is 19.5 Å². The Balaban J connectivity index is 2.60. The lowest BCUT2D eigenvalue weighted by molar-refractivity contribution is -0.119. The monoisotopic (exact) mass is 284 g/mol. The second-order valence-corrected chi connectivity index (χ2v) is 4.48. The van der Waals surface area contributed by atoms with Gasteiger partial charge in [0.15, 0.2) is 0 Å². The highest BCUT2D eigenvalue weighted by molar-refractivity contribution is 9.10. The van der Waals surface area contributed by atoms with E-state index in [2.05, 4.69) is 45.6 Å². The Labute approximate surface area is 105 Å². The van der Waals surface area contributed by atoms with E-state index in [1.807, 2.05) is 12.1 Å². The molecule has 0 aliphatic heterocycles. The molecule has 0 saturated heterocycles. The molecular weight excluding hydrogens is 268 g/mol. The van der Waals surface area contributed by atoms with E-state index in [4.69, 9.17) is 0 Å². The molecule has 0 aromatic heterocycles. The van der Waals surface area contributed by atoms with Gasteiger partial charge in [-0.05, 0) is 24.1 Å². The lowest BCUT2D eigenvalue weighted by atomic mass is 10.0. The molecule has 1 atom stereocenters. The predicted octanol–water partition coefficient (Wildman–Crippen LogP) is 2.24. The first-order valence-corrected chi connectivity index (χ1v) is 6.16. The maximum absolute atomic E-state index is 11.1. The third kappa shape index (κ3) is 3.94. The van der Waals surface area contributed by atoms with E-state index in [1.165, 1.54) is 5.56 Å². The van der Waals surface area contributed by atoms with E-state index >= 15 is 0 Å². The number of nitrogens with one attached hydrogen (secondary N) is 2. The number of halogens is 1. The van der Waals surface area contributed by atoms with Crippen molar-refractivity contribution in [2.75, 3.05) is 13.6 Å². The van der Waals surface area contributed by atoms with Gasteiger partial charge < -0.3 is 10.6 Å². The molecule has 0 aliphatic carbocycles. The highest BCUT2D eigenvalue weighted by atomic mass is 79.9. The Morgan fingerprint density at radius 1 is 1.38 bits per heavy atom. The molecule has 3 nitrogen and oxygen atoms in total. The largest absolute Gasteiger partial charge is 0.358 e. The number of amides is 1. The topological polar surface area (TPSA) is 41.1 Å². The third-order valence-electron chi connectivity index (χ3n) is 2.47. The van der Waals surface area contributed by atoms with Crippen LogP contribution in [0, 0.1) is 0 Å². The molecule has 0 bridgehead atoms. The first-order chi connectivity index (χ1) is 7.67. The summed E-state index contributed by atoms with van der Waals surface area (Å²) >= 11 is 3.41. The summed E-state index contributed by atoms with van der Waals surface area (Å²) in [6, 6.07) is 8.38. The average molecular weight is 285 g/mol. The van der Waals surface area contributed by atoms with Gasteiger partial charge in [0, 0.05) is 17.6 Å². The molecule has 88 valence electrons. The summed E-state index contributed by atoms with van der Waals surface area (Å²) in [6.07, 6.45) is 0.957. The van der Waals surface area contributed by atoms with Crippen molar-refractivity contribution in [2.24, 2.45) is 0 Å². The van der Waals surface area contributed by atoms with Gasteiger partial charge in [0.05, 0.1) is 6.54 Å². The molecule has 1 unspecified atom stereocenters. The van der Waals surface area contributed by atoms with Gasteiger partial charge in [0.1, 0.15) is 0 Å². The standard InChI is InChI=1S/C12H17BrN2O/c1-3-11(15-8-12(16)14-2)9-4-6-10(13)7-5-9/h4-7,11,15H,3,8H2,1-2H3,(H,14,16). The molecule has 0 heterocycles. The van der Waals surface area contributed by atoms with Crippen molar-refractivity contribution in [2.45, 2.75) is 19.4 Å². The zero-order valence-electron chi connectivity index (χ0n) is 9.59. The van der Waals surface area contributed by atoms with Gasteiger partial charge in [-0.1, -0.05) is 35.0 Å². The highest BCUT2D eigenvalue weighted by Crippen LogP contribution is 2.19. The zero-order chi connectivity index (χ0) is 12.0. The number of carbonyl (C=O) groups excluding carboxylic acids is 1. The minimum atomic E-state index is 0.00978. The summed E-state index contributed by atoms with van der Waals surface area (Å²) in [5, 5.41) is 5.82. The van der Waals surface area contributed by atoms with Crippen molar-refractivity contribution in [1.29, 1.82) is 0 Å². The summed E-state index contributed by atoms with van der Waals surface area (Å²) in [5.74, 6) is 0.00978. The first-order valence-electron chi connectivity index (χ1n) is 5.36. The Hall–Kier alpha value is -0.870. The predicted molar refractivity (Wildman–Crippen MR) is 69.2 cm³/mol. The Kier molecular flexibility index (Phi) is 5.49. The van der Waals surface area contributed by atoms with Gasteiger partial charge in [-0.25, -0.2) is 0 Å². The summed E-state index contributed by atoms with van der Waals surface area (Å²) in [5.41, 5.74) is 1.20. The van der Waals surface area contributed by atoms with Crippen molar-refractivity contribution in [3.05, 3.63) is 34.3 Å². The van der Waals surface area contributed by atoms with Crippen LogP contribution in [-0.2, 0) is 4.79 Å². The van der Waals surface area contributed by atoms with Crippen molar-refractivity contribution < 1.29 is 4.79 Å². The fraction of sp³-hybridized carbons (Fsp3) is 0.417. The van der Waals surface area contributed by atoms with Gasteiger partial charge in [-0.15, -0.1) is 0 Å². The SMILES string of the molecule is CCC(NCC(=O)NC)c1ccc(Br)cc1. The molecule has 0 aliphatic rings. The number of rotatable bonds is 5. The van der Waals surface area contributed by atoms with E-state index in [-0.39, 0.29) is 11.9 Å². The van der Waals surface area contributed by atoms with Gasteiger partial charge in [-0.3, -0.25) is 4.79 Å². The lowest BCUT2D eigenvalue weighted by Gasteiger charge is -2.16. The zero-order valence-corrected chi connectivity index (χ0v) is 11.2. The van der Waals surface area contributed by atoms with Gasteiger partial charge >= 0.3 is 0 Å². The minimum Gasteiger partial charge on any atom is -0.358 e. The summed E-state index contributed by atoms with van der Waals surface area (Å²) in [7, 11) is 1.64. The summed E-state index contributed by atoms with van der Waals surface area (Å²) in [4.78, 5) is 11.1. The molecule has 2 N–H and O–H groups in total. The number of likely N-dealkylation sites (N-methyl/N-ethyl adjacent to an activating group) is 1. The first kappa shape index (κ1) is 13.2. The van der Waals surface area contributed by atoms with Gasteiger partial charge in [-0.2, -0.15) is 0 Å². The van der Waals surface area contributed by atoms with Crippen LogP contribution in [0.1, 0.15) is 24.9 Å². The fourth-order valence-corrected chi connectivity index (χ4v) is 1.76. The van der Waals surface area contributed by atoms with E-state index in [9.17, 15) is 4.79 Å². The van der Waals surface area contributed by atoms with E-state index in [1.54, 1.807) is 7.05 Å². The molecular formula is C12H17BrN2O. The number of hydrogen-bond acceptors (Lipinski definition) is 2. The fourth-order valence-electron chi connectivity index (χ4n) is 1.50. The third-order valence-corrected chi connectivity index (χ3v) is 3.00. The van der Waals surface area contributed by atoms with Crippen LogP contribution in [0.3, 0.4) is 0 Å². The molecule has 0 fully saturated rings. The van der Waals surface area contributed by atoms with Crippen molar-refractivity contribution in [3.8, 4) is 0 Å². The highest BCUT2D eigenvalue weighted by Gasteiger charge is 2.09. The van der Waals surface area contributed by atoms with Crippen LogP contribution < -0.4 is 10.6 Å². The minimum absolute atomic E-state index is 0.00978. The van der Waals surface area contributed by atoms with Crippen molar-refractivity contribution >= 4 is 21.8 Å². The summed E-state index contributed by atoms with van der Waals surface area (Å²) in [6.45, 7) is 2.45. The lowest BCUT2D eigenvalue weighted by Crippen LogP contribution is -2.33. The van der Waals surface area contributed by atoms with E-state index < -0.39 is 0 Å². The molecule has 1 aromatic carbocycles. The maximum Gasteiger partial charge on any atom is 0.233 e. The molecule has 1 aromatic rings. The smallest absolute Gasteiger partial charge is 0.233 e. The second kappa shape index (κ2) is 6.66. The van der Waals surface area contributed by atoms with Crippen LogP contribution in [0.4, 0.5) is 0 Å². The number of carbonyl (C=O) groups is 1. The van der Waals surface area contributed by atoms with Crippen molar-refractivity contribution in [1.82, 2.24) is 10.6 Å². The van der Waals surface area contributed by atoms with Crippen LogP contribution >= 0.6 is 15.9 Å². The molecule has 1 amide bonds. The van der Waals surface area contributed by atoms with Gasteiger partial charge in [0.25, 0.3) is 0 Å². The quantitative estimate of drug-likeness (QED) is 0.871. The summed E-state index contributed by atoms with van der Waals surface area (Å²) < 4.78 is 1.07. The maximum atomic E-state index is 11.1. The Morgan fingerprint density at radius 2 is 2.00 bits per heavy atom. The van der Waals surface area contributed by atoms with Crippen LogP contribution in [0.15, 0.2) is 28.7 Å². The number of hydrogen-bond donors (Lipinski definition) is 2. The Bertz CT molecular complexity index is 337. The molecule has 0 saturated carbocycles. The molecule has 4 heteroatoms. The van der Waals surface area contributed by atoms with Crippen LogP contribution in [0.5, 0.6) is 0 Å². The van der Waals surface area contributed by atoms with Crippen LogP contribution in [0.2, 0.25) is 0 Å². The number of benzene rings is 1. The average Bonchev–Trinajstić information content (AvgIpc) is 2.31. The molecule has 16 heavy (non-hydrogen) atoms. The van der Waals surface area contributed by atoms with Crippen molar-refractivity contribution in [3.63, 3.8) is 0 Å². The molecule has 1 rings (SSSR count). The molecule has 0 radical (unpaired) electrons. The van der Waals surface area contributed by atoms with E-state index in [0.29, 0.717) is 6.54 Å².